The summed E-state index contributed by atoms with van der Waals surface area (Å²) >= 11 is 4.79. The molecule has 0 unspecified atom stereocenters. The molecule has 0 heterocycles. The quantitative estimate of drug-likeness (QED) is 0.654. The molecule has 0 saturated heterocycles. The van der Waals surface area contributed by atoms with Crippen molar-refractivity contribution in [3.63, 3.8) is 0 Å². The smallest absolute Gasteiger partial charge is 0.164 e. The standard InChI is InChI=1S/C9H10O2S/c1-7(12)11-9-5-3-8(10-2)4-6-9/h3-6H,1-2H3. The first-order chi connectivity index (χ1) is 5.72. The molecule has 1 rings (SSSR count). The molecule has 64 valence electrons. The van der Waals surface area contributed by atoms with E-state index in [1.807, 2.05) is 24.3 Å². The summed E-state index contributed by atoms with van der Waals surface area (Å²) in [6.07, 6.45) is 0. The predicted octanol–water partition coefficient (Wildman–Crippen LogP) is 2.42. The maximum absolute atomic E-state index is 5.19. The largest absolute Gasteiger partial charge is 0.497 e. The molecule has 0 aliphatic heterocycles. The van der Waals surface area contributed by atoms with Crippen molar-refractivity contribution >= 4 is 17.3 Å². The maximum Gasteiger partial charge on any atom is 0.164 e. The lowest BCUT2D eigenvalue weighted by molar-refractivity contribution is 0.414. The fraction of sp³-hybridized carbons (Fsp3) is 0.222. The number of hydrogen-bond acceptors (Lipinski definition) is 3. The molecule has 0 bridgehead atoms. The molecule has 0 saturated carbocycles. The first-order valence-electron chi connectivity index (χ1n) is 3.55. The summed E-state index contributed by atoms with van der Waals surface area (Å²) in [5.74, 6) is 1.55. The van der Waals surface area contributed by atoms with Gasteiger partial charge in [-0.05, 0) is 36.5 Å². The minimum absolute atomic E-state index is 0.514. The molecule has 0 N–H and O–H groups in total. The van der Waals surface area contributed by atoms with Gasteiger partial charge in [0.15, 0.2) is 5.05 Å². The lowest BCUT2D eigenvalue weighted by Crippen LogP contribution is -1.98. The highest BCUT2D eigenvalue weighted by Gasteiger charge is 1.94. The average molecular weight is 182 g/mol. The molecule has 2 nitrogen and oxygen atoms in total. The molecule has 0 fully saturated rings. The van der Waals surface area contributed by atoms with Crippen LogP contribution in [0.4, 0.5) is 0 Å². The second-order valence-electron chi connectivity index (χ2n) is 2.27. The number of benzene rings is 1. The van der Waals surface area contributed by atoms with Crippen molar-refractivity contribution in [2.45, 2.75) is 6.92 Å². The SMILES string of the molecule is COc1ccc(OC(C)=S)cc1. The molecule has 0 aliphatic carbocycles. The van der Waals surface area contributed by atoms with Gasteiger partial charge < -0.3 is 9.47 Å². The van der Waals surface area contributed by atoms with E-state index < -0.39 is 0 Å². The van der Waals surface area contributed by atoms with Crippen molar-refractivity contribution in [3.8, 4) is 11.5 Å². The third kappa shape index (κ3) is 2.51. The van der Waals surface area contributed by atoms with E-state index in [0.29, 0.717) is 5.05 Å². The summed E-state index contributed by atoms with van der Waals surface area (Å²) < 4.78 is 10.2. The third-order valence-electron chi connectivity index (χ3n) is 1.32. The van der Waals surface area contributed by atoms with E-state index in [4.69, 9.17) is 21.7 Å². The Labute approximate surface area is 77.1 Å². The van der Waals surface area contributed by atoms with Gasteiger partial charge in [-0.2, -0.15) is 0 Å². The lowest BCUT2D eigenvalue weighted by atomic mass is 10.3. The number of methoxy groups -OCH3 is 1. The van der Waals surface area contributed by atoms with Crippen LogP contribution < -0.4 is 9.47 Å². The Morgan fingerprint density at radius 2 is 1.67 bits per heavy atom. The van der Waals surface area contributed by atoms with Crippen LogP contribution in [-0.2, 0) is 0 Å². The molecular weight excluding hydrogens is 172 g/mol. The second kappa shape index (κ2) is 4.07. The molecule has 0 aromatic heterocycles. The van der Waals surface area contributed by atoms with Crippen LogP contribution in [0.5, 0.6) is 11.5 Å². The number of thiocarbonyl (C=S) groups is 1. The van der Waals surface area contributed by atoms with Crippen LogP contribution in [-0.4, -0.2) is 12.2 Å². The Morgan fingerprint density at radius 3 is 2.08 bits per heavy atom. The minimum atomic E-state index is 0.514. The van der Waals surface area contributed by atoms with Crippen molar-refractivity contribution in [2.75, 3.05) is 7.11 Å². The van der Waals surface area contributed by atoms with Crippen LogP contribution in [0.15, 0.2) is 24.3 Å². The van der Waals surface area contributed by atoms with E-state index in [1.54, 1.807) is 14.0 Å². The zero-order valence-corrected chi connectivity index (χ0v) is 7.85. The summed E-state index contributed by atoms with van der Waals surface area (Å²) in [6.45, 7) is 1.74. The maximum atomic E-state index is 5.19. The fourth-order valence-electron chi connectivity index (χ4n) is 0.810. The van der Waals surface area contributed by atoms with Crippen LogP contribution in [0.3, 0.4) is 0 Å². The molecule has 12 heavy (non-hydrogen) atoms. The van der Waals surface area contributed by atoms with Crippen molar-refractivity contribution in [1.82, 2.24) is 0 Å². The Morgan fingerprint density at radius 1 is 1.17 bits per heavy atom. The van der Waals surface area contributed by atoms with Crippen LogP contribution in [0.1, 0.15) is 6.92 Å². The van der Waals surface area contributed by atoms with Gasteiger partial charge in [0.2, 0.25) is 0 Å². The van der Waals surface area contributed by atoms with Crippen molar-refractivity contribution in [2.24, 2.45) is 0 Å². The van der Waals surface area contributed by atoms with Gasteiger partial charge in [0.25, 0.3) is 0 Å². The van der Waals surface area contributed by atoms with Crippen molar-refractivity contribution < 1.29 is 9.47 Å². The topological polar surface area (TPSA) is 18.5 Å². The highest BCUT2D eigenvalue weighted by atomic mass is 32.1. The Kier molecular flexibility index (Phi) is 3.05. The summed E-state index contributed by atoms with van der Waals surface area (Å²) in [5.41, 5.74) is 0. The minimum Gasteiger partial charge on any atom is -0.497 e. The van der Waals surface area contributed by atoms with Crippen LogP contribution in [0.25, 0.3) is 0 Å². The Bertz CT molecular complexity index is 266. The first kappa shape index (κ1) is 9.00. The van der Waals surface area contributed by atoms with E-state index in [2.05, 4.69) is 0 Å². The van der Waals surface area contributed by atoms with Crippen LogP contribution in [0.2, 0.25) is 0 Å². The molecule has 0 aliphatic rings. The fourth-order valence-corrected chi connectivity index (χ4v) is 0.906. The van der Waals surface area contributed by atoms with E-state index in [9.17, 15) is 0 Å². The van der Waals surface area contributed by atoms with Crippen LogP contribution >= 0.6 is 12.2 Å². The van der Waals surface area contributed by atoms with Gasteiger partial charge in [-0.3, -0.25) is 0 Å². The van der Waals surface area contributed by atoms with Gasteiger partial charge in [0.1, 0.15) is 11.5 Å². The molecule has 0 spiro atoms. The summed E-state index contributed by atoms with van der Waals surface area (Å²) in [6, 6.07) is 7.28. The van der Waals surface area contributed by atoms with Gasteiger partial charge in [-0.25, -0.2) is 0 Å². The molecule has 1 aromatic carbocycles. The van der Waals surface area contributed by atoms with E-state index in [-0.39, 0.29) is 0 Å². The van der Waals surface area contributed by atoms with Gasteiger partial charge >= 0.3 is 0 Å². The van der Waals surface area contributed by atoms with E-state index >= 15 is 0 Å². The first-order valence-corrected chi connectivity index (χ1v) is 3.95. The monoisotopic (exact) mass is 182 g/mol. The third-order valence-corrected chi connectivity index (χ3v) is 1.40. The Balaban J connectivity index is 2.71. The molecule has 3 heteroatoms. The normalized spacial score (nSPS) is 9.17. The Hall–Kier alpha value is -1.09. The molecule has 0 atom stereocenters. The highest BCUT2D eigenvalue weighted by Crippen LogP contribution is 2.16. The summed E-state index contributed by atoms with van der Waals surface area (Å²) in [7, 11) is 1.63. The molecule has 1 aromatic rings. The molecular formula is C9H10O2S. The number of ether oxygens (including phenoxy) is 2. The number of rotatable bonds is 2. The van der Waals surface area contributed by atoms with Gasteiger partial charge in [-0.1, -0.05) is 0 Å². The van der Waals surface area contributed by atoms with Crippen molar-refractivity contribution in [1.29, 1.82) is 0 Å². The van der Waals surface area contributed by atoms with E-state index in [1.165, 1.54) is 0 Å². The van der Waals surface area contributed by atoms with E-state index in [0.717, 1.165) is 11.5 Å². The zero-order chi connectivity index (χ0) is 8.97. The van der Waals surface area contributed by atoms with Crippen molar-refractivity contribution in [3.05, 3.63) is 24.3 Å². The van der Waals surface area contributed by atoms with Crippen LogP contribution in [0, 0.1) is 0 Å². The lowest BCUT2D eigenvalue weighted by Gasteiger charge is -2.03. The summed E-state index contributed by atoms with van der Waals surface area (Å²) in [4.78, 5) is 0. The summed E-state index contributed by atoms with van der Waals surface area (Å²) in [5, 5.41) is 0.514. The molecule has 0 amide bonds. The number of hydrogen-bond donors (Lipinski definition) is 0. The highest BCUT2D eigenvalue weighted by molar-refractivity contribution is 7.80. The average Bonchev–Trinajstić information content (AvgIpc) is 2.05. The van der Waals surface area contributed by atoms with Gasteiger partial charge in [0, 0.05) is 6.92 Å². The van der Waals surface area contributed by atoms with Gasteiger partial charge in [0.05, 0.1) is 7.11 Å². The van der Waals surface area contributed by atoms with Gasteiger partial charge in [-0.15, -0.1) is 0 Å². The predicted molar refractivity (Wildman–Crippen MR) is 51.9 cm³/mol. The zero-order valence-electron chi connectivity index (χ0n) is 7.03. The second-order valence-corrected chi connectivity index (χ2v) is 2.84. The molecule has 0 radical (unpaired) electrons.